The van der Waals surface area contributed by atoms with Gasteiger partial charge in [-0.3, -0.25) is 9.78 Å². The van der Waals surface area contributed by atoms with Gasteiger partial charge in [0.2, 0.25) is 0 Å². The van der Waals surface area contributed by atoms with Gasteiger partial charge in [-0.15, -0.1) is 0 Å². The molecule has 1 aromatic heterocycles. The van der Waals surface area contributed by atoms with Crippen LogP contribution in [0.1, 0.15) is 10.4 Å². The smallest absolute Gasteiger partial charge is 0.258 e. The molecular weight excluding hydrogens is 294 g/mol. The van der Waals surface area contributed by atoms with Crippen LogP contribution in [0.2, 0.25) is 0 Å². The molecule has 0 spiro atoms. The average molecular weight is 306 g/mol. The van der Waals surface area contributed by atoms with E-state index in [1.807, 2.05) is 6.07 Å². The molecule has 0 aliphatic rings. The minimum atomic E-state index is -0.129. The first kappa shape index (κ1) is 12.6. The summed E-state index contributed by atoms with van der Waals surface area (Å²) < 4.78 is 0.783. The van der Waals surface area contributed by atoms with Crippen LogP contribution in [0.15, 0.2) is 47.2 Å². The molecule has 0 bridgehead atoms. The highest BCUT2D eigenvalue weighted by Gasteiger charge is 2.14. The topological polar surface area (TPSA) is 59.2 Å². The summed E-state index contributed by atoms with van der Waals surface area (Å²) in [6, 6.07) is 8.76. The highest BCUT2D eigenvalue weighted by atomic mass is 79.9. The zero-order valence-corrected chi connectivity index (χ0v) is 11.4. The van der Waals surface area contributed by atoms with Crippen LogP contribution >= 0.6 is 15.9 Å². The van der Waals surface area contributed by atoms with Crippen molar-refractivity contribution in [3.63, 3.8) is 0 Å². The number of hydrogen-bond donors (Lipinski definition) is 1. The number of anilines is 2. The van der Waals surface area contributed by atoms with Crippen molar-refractivity contribution < 1.29 is 4.79 Å². The Bertz CT molecular complexity index is 551. The first-order valence-electron chi connectivity index (χ1n) is 5.32. The lowest BCUT2D eigenvalue weighted by molar-refractivity contribution is 0.0993. The number of carbonyl (C=O) groups is 1. The van der Waals surface area contributed by atoms with E-state index >= 15 is 0 Å². The Morgan fingerprint density at radius 3 is 2.78 bits per heavy atom. The molecular formula is C13H12BrN3O. The van der Waals surface area contributed by atoms with Gasteiger partial charge in [0.25, 0.3) is 5.91 Å². The summed E-state index contributed by atoms with van der Waals surface area (Å²) in [4.78, 5) is 17.8. The summed E-state index contributed by atoms with van der Waals surface area (Å²) in [5.41, 5.74) is 7.54. The van der Waals surface area contributed by atoms with E-state index in [9.17, 15) is 4.79 Å². The van der Waals surface area contributed by atoms with E-state index in [-0.39, 0.29) is 5.91 Å². The molecule has 5 heteroatoms. The van der Waals surface area contributed by atoms with Crippen molar-refractivity contribution in [3.8, 4) is 0 Å². The zero-order valence-electron chi connectivity index (χ0n) is 9.80. The number of amides is 1. The third kappa shape index (κ3) is 2.68. The van der Waals surface area contributed by atoms with Crippen molar-refractivity contribution in [1.29, 1.82) is 0 Å². The third-order valence-corrected chi connectivity index (χ3v) is 2.96. The van der Waals surface area contributed by atoms with Crippen molar-refractivity contribution in [2.24, 2.45) is 0 Å². The fourth-order valence-corrected chi connectivity index (χ4v) is 2.11. The molecule has 1 amide bonds. The third-order valence-electron chi connectivity index (χ3n) is 2.50. The number of pyridine rings is 1. The van der Waals surface area contributed by atoms with E-state index in [4.69, 9.17) is 5.73 Å². The number of nitrogen functional groups attached to an aromatic ring is 1. The molecule has 0 fully saturated rings. The van der Waals surface area contributed by atoms with Gasteiger partial charge in [0, 0.05) is 29.0 Å². The Morgan fingerprint density at radius 2 is 2.17 bits per heavy atom. The van der Waals surface area contributed by atoms with E-state index in [1.54, 1.807) is 43.7 Å². The molecule has 2 rings (SSSR count). The van der Waals surface area contributed by atoms with Crippen molar-refractivity contribution in [1.82, 2.24) is 4.98 Å². The van der Waals surface area contributed by atoms with Gasteiger partial charge < -0.3 is 10.6 Å². The molecule has 92 valence electrons. The average Bonchev–Trinajstić information content (AvgIpc) is 2.37. The molecule has 0 atom stereocenters. The summed E-state index contributed by atoms with van der Waals surface area (Å²) in [6.07, 6.45) is 3.30. The molecule has 2 aromatic rings. The van der Waals surface area contributed by atoms with Gasteiger partial charge in [0.15, 0.2) is 0 Å². The molecule has 0 saturated heterocycles. The second-order valence-corrected chi connectivity index (χ2v) is 4.76. The Balaban J connectivity index is 2.31. The number of carbonyl (C=O) groups excluding carboxylic acids is 1. The van der Waals surface area contributed by atoms with Crippen molar-refractivity contribution >= 4 is 33.2 Å². The van der Waals surface area contributed by atoms with E-state index in [0.717, 1.165) is 10.2 Å². The second-order valence-electron chi connectivity index (χ2n) is 3.85. The van der Waals surface area contributed by atoms with Crippen LogP contribution in [0, 0.1) is 0 Å². The van der Waals surface area contributed by atoms with Crippen LogP contribution in [0.4, 0.5) is 11.4 Å². The minimum absolute atomic E-state index is 0.129. The molecule has 0 aliphatic carbocycles. The number of aromatic nitrogens is 1. The Morgan fingerprint density at radius 1 is 1.39 bits per heavy atom. The van der Waals surface area contributed by atoms with Crippen LogP contribution in [0.25, 0.3) is 0 Å². The van der Waals surface area contributed by atoms with Crippen LogP contribution in [-0.2, 0) is 0 Å². The Labute approximate surface area is 114 Å². The molecule has 0 saturated carbocycles. The highest BCUT2D eigenvalue weighted by molar-refractivity contribution is 9.10. The predicted octanol–water partition coefficient (Wildman–Crippen LogP) is 2.70. The maximum atomic E-state index is 12.3. The largest absolute Gasteiger partial charge is 0.399 e. The van der Waals surface area contributed by atoms with E-state index in [2.05, 4.69) is 20.9 Å². The van der Waals surface area contributed by atoms with Gasteiger partial charge in [0.1, 0.15) is 0 Å². The Kier molecular flexibility index (Phi) is 3.62. The quantitative estimate of drug-likeness (QED) is 0.868. The van der Waals surface area contributed by atoms with Crippen LogP contribution in [0.3, 0.4) is 0 Å². The van der Waals surface area contributed by atoms with Gasteiger partial charge in [0.05, 0.1) is 11.9 Å². The summed E-state index contributed by atoms with van der Waals surface area (Å²) in [5.74, 6) is -0.129. The van der Waals surface area contributed by atoms with Crippen molar-refractivity contribution in [2.75, 3.05) is 17.7 Å². The maximum absolute atomic E-state index is 12.3. The zero-order chi connectivity index (χ0) is 13.1. The number of nitrogens with two attached hydrogens (primary N) is 1. The van der Waals surface area contributed by atoms with E-state index < -0.39 is 0 Å². The van der Waals surface area contributed by atoms with Gasteiger partial charge in [-0.1, -0.05) is 15.9 Å². The standard InChI is InChI=1S/C13H12BrN3O/c1-17(12-3-2-4-16-8-12)13(18)9-5-10(14)7-11(15)6-9/h2-8H,15H2,1H3. The normalized spacial score (nSPS) is 10.1. The van der Waals surface area contributed by atoms with Gasteiger partial charge >= 0.3 is 0 Å². The van der Waals surface area contributed by atoms with Crippen LogP contribution in [0.5, 0.6) is 0 Å². The van der Waals surface area contributed by atoms with Gasteiger partial charge in [-0.2, -0.15) is 0 Å². The van der Waals surface area contributed by atoms with E-state index in [0.29, 0.717) is 11.3 Å². The SMILES string of the molecule is CN(C(=O)c1cc(N)cc(Br)c1)c1cccnc1. The van der Waals surface area contributed by atoms with Crippen molar-refractivity contribution in [2.45, 2.75) is 0 Å². The number of halogens is 1. The minimum Gasteiger partial charge on any atom is -0.399 e. The van der Waals surface area contributed by atoms with Crippen molar-refractivity contribution in [3.05, 3.63) is 52.8 Å². The number of benzene rings is 1. The molecule has 2 N–H and O–H groups in total. The molecule has 1 aromatic carbocycles. The summed E-state index contributed by atoms with van der Waals surface area (Å²) in [6.45, 7) is 0. The van der Waals surface area contributed by atoms with E-state index in [1.165, 1.54) is 4.90 Å². The lowest BCUT2D eigenvalue weighted by atomic mass is 10.1. The van der Waals surface area contributed by atoms with Crippen LogP contribution < -0.4 is 10.6 Å². The number of rotatable bonds is 2. The molecule has 0 radical (unpaired) electrons. The summed E-state index contributed by atoms with van der Waals surface area (Å²) in [7, 11) is 1.70. The summed E-state index contributed by atoms with van der Waals surface area (Å²) >= 11 is 3.32. The van der Waals surface area contributed by atoms with Gasteiger partial charge in [-0.25, -0.2) is 0 Å². The predicted molar refractivity (Wildman–Crippen MR) is 75.5 cm³/mol. The second kappa shape index (κ2) is 5.18. The monoisotopic (exact) mass is 305 g/mol. The number of hydrogen-bond acceptors (Lipinski definition) is 3. The molecule has 0 aliphatic heterocycles. The fourth-order valence-electron chi connectivity index (χ4n) is 1.60. The first-order valence-corrected chi connectivity index (χ1v) is 6.11. The highest BCUT2D eigenvalue weighted by Crippen LogP contribution is 2.20. The maximum Gasteiger partial charge on any atom is 0.258 e. The molecule has 18 heavy (non-hydrogen) atoms. The number of nitrogens with zero attached hydrogens (tertiary/aromatic N) is 2. The molecule has 0 unspecified atom stereocenters. The molecule has 1 heterocycles. The first-order chi connectivity index (χ1) is 8.58. The summed E-state index contributed by atoms with van der Waals surface area (Å²) in [5, 5.41) is 0. The Hall–Kier alpha value is -1.88. The van der Waals surface area contributed by atoms with Crippen LogP contribution in [-0.4, -0.2) is 17.9 Å². The van der Waals surface area contributed by atoms with Gasteiger partial charge in [-0.05, 0) is 30.3 Å². The molecule has 4 nitrogen and oxygen atoms in total. The lowest BCUT2D eigenvalue weighted by Gasteiger charge is -2.17. The fraction of sp³-hybridized carbons (Fsp3) is 0.0769. The lowest BCUT2D eigenvalue weighted by Crippen LogP contribution is -2.26.